The number of hydrogen-bond donors (Lipinski definition) is 2. The molecule has 2 N–H and O–H groups in total. The van der Waals surface area contributed by atoms with Gasteiger partial charge in [0.05, 0.1) is 0 Å². The summed E-state index contributed by atoms with van der Waals surface area (Å²) >= 11 is 0. The third-order valence-electron chi connectivity index (χ3n) is 3.46. The monoisotopic (exact) mass is 229 g/mol. The molecular formula is C13H31N3. The molecular weight excluding hydrogens is 198 g/mol. The fraction of sp³-hybridized carbons (Fsp3) is 1.00. The summed E-state index contributed by atoms with van der Waals surface area (Å²) in [5.74, 6) is 0. The Morgan fingerprint density at radius 3 is 2.25 bits per heavy atom. The predicted octanol–water partition coefficient (Wildman–Crippen LogP) is 1.70. The first-order chi connectivity index (χ1) is 7.61. The van der Waals surface area contributed by atoms with Gasteiger partial charge in [0.2, 0.25) is 0 Å². The van der Waals surface area contributed by atoms with E-state index in [2.05, 4.69) is 43.4 Å². The lowest BCUT2D eigenvalue weighted by molar-refractivity contribution is 0.191. The summed E-state index contributed by atoms with van der Waals surface area (Å²) in [5, 5.41) is 6.68. The van der Waals surface area contributed by atoms with Gasteiger partial charge in [-0.15, -0.1) is 0 Å². The number of nitrogens with zero attached hydrogens (tertiary/aromatic N) is 1. The second-order valence-electron chi connectivity index (χ2n) is 4.90. The molecule has 0 amide bonds. The highest BCUT2D eigenvalue weighted by molar-refractivity contribution is 4.84. The maximum Gasteiger partial charge on any atom is 0.0275 e. The van der Waals surface area contributed by atoms with Gasteiger partial charge in [0, 0.05) is 25.2 Å². The van der Waals surface area contributed by atoms with Gasteiger partial charge in [0.1, 0.15) is 0 Å². The van der Waals surface area contributed by atoms with Crippen molar-refractivity contribution < 1.29 is 0 Å². The van der Waals surface area contributed by atoms with E-state index in [1.807, 2.05) is 7.05 Å². The van der Waals surface area contributed by atoms with Crippen molar-refractivity contribution in [3.63, 3.8) is 0 Å². The minimum atomic E-state index is 0.251. The van der Waals surface area contributed by atoms with Gasteiger partial charge in [-0.2, -0.15) is 0 Å². The van der Waals surface area contributed by atoms with E-state index < -0.39 is 0 Å². The Labute approximate surface area is 102 Å². The summed E-state index contributed by atoms with van der Waals surface area (Å²) in [5.41, 5.74) is 0.251. The molecule has 0 heterocycles. The molecule has 0 radical (unpaired) electrons. The highest BCUT2D eigenvalue weighted by atomic mass is 15.2. The Kier molecular flexibility index (Phi) is 8.90. The number of hydrogen-bond acceptors (Lipinski definition) is 3. The van der Waals surface area contributed by atoms with Crippen LogP contribution in [0.25, 0.3) is 0 Å². The van der Waals surface area contributed by atoms with Crippen LogP contribution in [0.15, 0.2) is 0 Å². The van der Waals surface area contributed by atoms with Gasteiger partial charge in [-0.05, 0) is 40.4 Å². The van der Waals surface area contributed by atoms with Crippen molar-refractivity contribution in [3.05, 3.63) is 0 Å². The molecule has 3 nitrogen and oxygen atoms in total. The highest BCUT2D eigenvalue weighted by Gasteiger charge is 2.22. The van der Waals surface area contributed by atoms with Crippen LogP contribution in [0.5, 0.6) is 0 Å². The third-order valence-corrected chi connectivity index (χ3v) is 3.46. The molecule has 1 unspecified atom stereocenters. The van der Waals surface area contributed by atoms with Crippen molar-refractivity contribution in [1.82, 2.24) is 15.5 Å². The Balaban J connectivity index is 4.15. The second kappa shape index (κ2) is 8.97. The van der Waals surface area contributed by atoms with E-state index in [1.54, 1.807) is 0 Å². The van der Waals surface area contributed by atoms with Gasteiger partial charge < -0.3 is 15.5 Å². The largest absolute Gasteiger partial charge is 0.318 e. The van der Waals surface area contributed by atoms with E-state index in [0.717, 1.165) is 19.6 Å². The van der Waals surface area contributed by atoms with E-state index in [0.29, 0.717) is 0 Å². The molecule has 0 rings (SSSR count). The van der Waals surface area contributed by atoms with Gasteiger partial charge in [0.25, 0.3) is 0 Å². The standard InChI is InChI=1S/C13H31N3/c1-6-8-10-16(11-9-14-4)12-13(3,7-2)15-5/h14-15H,6-12H2,1-5H3. The summed E-state index contributed by atoms with van der Waals surface area (Å²) in [6, 6.07) is 0. The maximum atomic E-state index is 3.45. The lowest BCUT2D eigenvalue weighted by Crippen LogP contribution is -2.50. The summed E-state index contributed by atoms with van der Waals surface area (Å²) < 4.78 is 0. The normalized spacial score (nSPS) is 15.4. The molecule has 98 valence electrons. The Hall–Kier alpha value is -0.120. The van der Waals surface area contributed by atoms with Crippen molar-refractivity contribution >= 4 is 0 Å². The molecule has 0 saturated carbocycles. The van der Waals surface area contributed by atoms with Crippen LogP contribution in [-0.2, 0) is 0 Å². The van der Waals surface area contributed by atoms with E-state index in [1.165, 1.54) is 25.8 Å². The number of nitrogens with one attached hydrogen (secondary N) is 2. The van der Waals surface area contributed by atoms with Crippen molar-refractivity contribution in [3.8, 4) is 0 Å². The van der Waals surface area contributed by atoms with Crippen molar-refractivity contribution in [2.75, 3.05) is 40.3 Å². The van der Waals surface area contributed by atoms with Crippen molar-refractivity contribution in [2.45, 2.75) is 45.6 Å². The lowest BCUT2D eigenvalue weighted by atomic mass is 9.98. The van der Waals surface area contributed by atoms with Crippen LogP contribution >= 0.6 is 0 Å². The molecule has 0 aliphatic rings. The van der Waals surface area contributed by atoms with Crippen molar-refractivity contribution in [1.29, 1.82) is 0 Å². The molecule has 0 fully saturated rings. The Bertz CT molecular complexity index is 147. The SMILES string of the molecule is CCCCN(CCNC)CC(C)(CC)NC. The zero-order valence-corrected chi connectivity index (χ0v) is 11.9. The fourth-order valence-electron chi connectivity index (χ4n) is 1.78. The Morgan fingerprint density at radius 2 is 1.81 bits per heavy atom. The van der Waals surface area contributed by atoms with E-state index in [9.17, 15) is 0 Å². The number of unbranched alkanes of at least 4 members (excludes halogenated alkanes) is 1. The van der Waals surface area contributed by atoms with Gasteiger partial charge in [-0.3, -0.25) is 0 Å². The van der Waals surface area contributed by atoms with E-state index in [-0.39, 0.29) is 5.54 Å². The minimum absolute atomic E-state index is 0.251. The van der Waals surface area contributed by atoms with Crippen LogP contribution in [0.1, 0.15) is 40.0 Å². The van der Waals surface area contributed by atoms with Crippen LogP contribution in [0.3, 0.4) is 0 Å². The molecule has 0 aromatic carbocycles. The third kappa shape index (κ3) is 6.46. The molecule has 16 heavy (non-hydrogen) atoms. The first-order valence-electron chi connectivity index (χ1n) is 6.67. The molecule has 0 saturated heterocycles. The van der Waals surface area contributed by atoms with Crippen LogP contribution in [0.4, 0.5) is 0 Å². The maximum absolute atomic E-state index is 3.45. The summed E-state index contributed by atoms with van der Waals surface area (Å²) in [6.45, 7) is 11.4. The molecule has 0 bridgehead atoms. The summed E-state index contributed by atoms with van der Waals surface area (Å²) in [6.07, 6.45) is 3.75. The molecule has 0 aliphatic carbocycles. The first kappa shape index (κ1) is 15.9. The van der Waals surface area contributed by atoms with Crippen LogP contribution in [0, 0.1) is 0 Å². The van der Waals surface area contributed by atoms with E-state index in [4.69, 9.17) is 0 Å². The summed E-state index contributed by atoms with van der Waals surface area (Å²) in [7, 11) is 4.09. The van der Waals surface area contributed by atoms with Crippen molar-refractivity contribution in [2.24, 2.45) is 0 Å². The van der Waals surface area contributed by atoms with Gasteiger partial charge in [-0.1, -0.05) is 20.3 Å². The zero-order chi connectivity index (χ0) is 12.4. The Morgan fingerprint density at radius 1 is 1.12 bits per heavy atom. The quantitative estimate of drug-likeness (QED) is 0.597. The second-order valence-corrected chi connectivity index (χ2v) is 4.90. The molecule has 0 aromatic heterocycles. The zero-order valence-electron chi connectivity index (χ0n) is 11.9. The van der Waals surface area contributed by atoms with Gasteiger partial charge in [-0.25, -0.2) is 0 Å². The lowest BCUT2D eigenvalue weighted by Gasteiger charge is -2.35. The first-order valence-corrected chi connectivity index (χ1v) is 6.67. The fourth-order valence-corrected chi connectivity index (χ4v) is 1.78. The number of likely N-dealkylation sites (N-methyl/N-ethyl adjacent to an activating group) is 2. The van der Waals surface area contributed by atoms with Crippen LogP contribution in [-0.4, -0.2) is 50.7 Å². The van der Waals surface area contributed by atoms with Crippen LogP contribution < -0.4 is 10.6 Å². The van der Waals surface area contributed by atoms with E-state index >= 15 is 0 Å². The highest BCUT2D eigenvalue weighted by Crippen LogP contribution is 2.11. The predicted molar refractivity (Wildman–Crippen MR) is 73.0 cm³/mol. The average molecular weight is 229 g/mol. The molecule has 0 spiro atoms. The topological polar surface area (TPSA) is 27.3 Å². The van der Waals surface area contributed by atoms with Crippen LogP contribution in [0.2, 0.25) is 0 Å². The minimum Gasteiger partial charge on any atom is -0.318 e. The molecule has 0 aromatic rings. The molecule has 0 aliphatic heterocycles. The average Bonchev–Trinajstić information content (AvgIpc) is 2.32. The smallest absolute Gasteiger partial charge is 0.0275 e. The molecule has 1 atom stereocenters. The van der Waals surface area contributed by atoms with Gasteiger partial charge in [0.15, 0.2) is 0 Å². The summed E-state index contributed by atoms with van der Waals surface area (Å²) in [4.78, 5) is 2.57. The number of rotatable bonds is 10. The van der Waals surface area contributed by atoms with Gasteiger partial charge >= 0.3 is 0 Å². The molecule has 3 heteroatoms.